The third kappa shape index (κ3) is 4.86. The van der Waals surface area contributed by atoms with Gasteiger partial charge in [-0.05, 0) is 36.6 Å². The zero-order valence-corrected chi connectivity index (χ0v) is 20.7. The lowest BCUT2D eigenvalue weighted by molar-refractivity contribution is -0.139. The molecule has 14 heteroatoms. The van der Waals surface area contributed by atoms with Crippen LogP contribution in [-0.4, -0.2) is 50.8 Å². The topological polar surface area (TPSA) is 114 Å². The summed E-state index contributed by atoms with van der Waals surface area (Å²) in [5.74, 6) is 0.0259. The van der Waals surface area contributed by atoms with Crippen molar-refractivity contribution in [3.05, 3.63) is 80.9 Å². The molecule has 0 spiro atoms. The number of alkyl halides is 3. The van der Waals surface area contributed by atoms with Crippen molar-refractivity contribution in [2.24, 2.45) is 0 Å². The van der Waals surface area contributed by atoms with Gasteiger partial charge in [-0.3, -0.25) is 4.79 Å². The van der Waals surface area contributed by atoms with E-state index in [0.29, 0.717) is 10.8 Å². The van der Waals surface area contributed by atoms with Crippen LogP contribution in [0.25, 0.3) is 11.2 Å². The van der Waals surface area contributed by atoms with Crippen LogP contribution in [0, 0.1) is 0 Å². The van der Waals surface area contributed by atoms with Gasteiger partial charge in [0.25, 0.3) is 5.56 Å². The number of aromatic amines is 1. The molecule has 0 unspecified atom stereocenters. The summed E-state index contributed by atoms with van der Waals surface area (Å²) in [7, 11) is -4.38. The summed E-state index contributed by atoms with van der Waals surface area (Å²) in [5, 5.41) is 8.48. The molecule has 0 atom stereocenters. The van der Waals surface area contributed by atoms with Crippen molar-refractivity contribution in [3.8, 4) is 0 Å². The molecule has 1 N–H and O–H groups in total. The third-order valence-corrected chi connectivity index (χ3v) is 8.65. The van der Waals surface area contributed by atoms with Crippen LogP contribution < -0.4 is 5.56 Å². The zero-order valence-electron chi connectivity index (χ0n) is 19.1. The summed E-state index contributed by atoms with van der Waals surface area (Å²) in [6.07, 6.45) is -4.29. The molecular formula is C23H20ClF3N6O3S. The Morgan fingerprint density at radius 1 is 1.05 bits per heavy atom. The quantitative estimate of drug-likeness (QED) is 0.403. The first-order chi connectivity index (χ1) is 17.6. The maximum absolute atomic E-state index is 13.4. The van der Waals surface area contributed by atoms with Crippen LogP contribution in [0.5, 0.6) is 0 Å². The lowest BCUT2D eigenvalue weighted by Crippen LogP contribution is -2.39. The fourth-order valence-electron chi connectivity index (χ4n) is 4.41. The van der Waals surface area contributed by atoms with Crippen molar-refractivity contribution in [3.63, 3.8) is 0 Å². The molecule has 2 aromatic carbocycles. The number of nitrogens with zero attached hydrogens (tertiary/aromatic N) is 5. The van der Waals surface area contributed by atoms with Gasteiger partial charge in [0.15, 0.2) is 11.2 Å². The molecule has 3 heterocycles. The minimum Gasteiger partial charge on any atom is -0.308 e. The first-order valence-electron chi connectivity index (χ1n) is 11.3. The second-order valence-corrected chi connectivity index (χ2v) is 10.9. The summed E-state index contributed by atoms with van der Waals surface area (Å²) in [6.45, 7) is 0.178. The van der Waals surface area contributed by atoms with Crippen LogP contribution in [0.15, 0.2) is 58.2 Å². The number of nitrogens with one attached hydrogen (secondary N) is 1. The van der Waals surface area contributed by atoms with E-state index in [0.717, 1.165) is 28.1 Å². The Morgan fingerprint density at radius 3 is 2.43 bits per heavy atom. The monoisotopic (exact) mass is 552 g/mol. The van der Waals surface area contributed by atoms with Crippen molar-refractivity contribution in [1.29, 1.82) is 0 Å². The SMILES string of the molecule is O=c1[nH]c(C2CCN(S(=O)(=O)c3ccccc3C(F)(F)F)CC2)nc2c1nnn2Cc1ccccc1Cl. The standard InChI is InChI=1S/C23H20ClF3N6O3S/c24-17-7-3-1-5-15(17)13-33-21-19(30-31-33)22(34)29-20(28-21)14-9-11-32(12-10-14)37(35,36)18-8-4-2-6-16(18)23(25,26)27/h1-8,14H,9-13H2,(H,28,29,34). The fraction of sp³-hybridized carbons (Fsp3) is 0.304. The van der Waals surface area contributed by atoms with Gasteiger partial charge in [-0.2, -0.15) is 17.5 Å². The smallest absolute Gasteiger partial charge is 0.308 e. The molecule has 0 bridgehead atoms. The number of rotatable bonds is 5. The molecule has 1 aliphatic rings. The highest BCUT2D eigenvalue weighted by Crippen LogP contribution is 2.36. The molecule has 1 aliphatic heterocycles. The average molecular weight is 553 g/mol. The van der Waals surface area contributed by atoms with E-state index in [2.05, 4.69) is 20.3 Å². The number of H-pyrrole nitrogens is 1. The molecule has 0 saturated carbocycles. The number of fused-ring (bicyclic) bond motifs is 1. The first kappa shape index (κ1) is 25.4. The molecule has 4 aromatic rings. The van der Waals surface area contributed by atoms with Crippen molar-refractivity contribution in [2.45, 2.75) is 36.4 Å². The molecule has 1 fully saturated rings. The van der Waals surface area contributed by atoms with E-state index < -0.39 is 32.2 Å². The van der Waals surface area contributed by atoms with Crippen LogP contribution in [-0.2, 0) is 22.7 Å². The highest BCUT2D eigenvalue weighted by molar-refractivity contribution is 7.89. The summed E-state index contributed by atoms with van der Waals surface area (Å²) in [5.41, 5.74) is -0.614. The molecule has 0 radical (unpaired) electrons. The van der Waals surface area contributed by atoms with E-state index in [-0.39, 0.29) is 49.6 Å². The number of aromatic nitrogens is 5. The summed E-state index contributed by atoms with van der Waals surface area (Å²) >= 11 is 6.24. The zero-order chi connectivity index (χ0) is 26.4. The lowest BCUT2D eigenvalue weighted by atomic mass is 9.97. The normalized spacial score (nSPS) is 15.9. The Kier molecular flexibility index (Phi) is 6.54. The van der Waals surface area contributed by atoms with Gasteiger partial charge >= 0.3 is 6.18 Å². The average Bonchev–Trinajstić information content (AvgIpc) is 3.28. The number of sulfonamides is 1. The third-order valence-electron chi connectivity index (χ3n) is 6.32. The minimum absolute atomic E-state index is 0.0297. The van der Waals surface area contributed by atoms with Gasteiger partial charge in [0.2, 0.25) is 10.0 Å². The van der Waals surface area contributed by atoms with Crippen molar-refractivity contribution < 1.29 is 21.6 Å². The summed E-state index contributed by atoms with van der Waals surface area (Å²) in [6, 6.07) is 11.3. The van der Waals surface area contributed by atoms with Crippen LogP contribution in [0.1, 0.15) is 35.7 Å². The Labute approximate surface area is 213 Å². The predicted molar refractivity (Wildman–Crippen MR) is 129 cm³/mol. The van der Waals surface area contributed by atoms with E-state index in [9.17, 15) is 26.4 Å². The molecule has 1 saturated heterocycles. The minimum atomic E-state index is -4.80. The molecule has 0 amide bonds. The second-order valence-electron chi connectivity index (χ2n) is 8.63. The van der Waals surface area contributed by atoms with Gasteiger partial charge in [0.05, 0.1) is 17.0 Å². The first-order valence-corrected chi connectivity index (χ1v) is 13.1. The van der Waals surface area contributed by atoms with Crippen molar-refractivity contribution in [2.75, 3.05) is 13.1 Å². The molecule has 0 aliphatic carbocycles. The summed E-state index contributed by atoms with van der Waals surface area (Å²) in [4.78, 5) is 19.1. The molecular weight excluding hydrogens is 533 g/mol. The maximum atomic E-state index is 13.4. The van der Waals surface area contributed by atoms with Gasteiger partial charge in [0.1, 0.15) is 5.82 Å². The van der Waals surface area contributed by atoms with Gasteiger partial charge in [-0.15, -0.1) is 5.10 Å². The summed E-state index contributed by atoms with van der Waals surface area (Å²) < 4.78 is 68.9. The van der Waals surface area contributed by atoms with E-state index in [4.69, 9.17) is 11.6 Å². The van der Waals surface area contributed by atoms with Crippen LogP contribution in [0.4, 0.5) is 13.2 Å². The van der Waals surface area contributed by atoms with Crippen LogP contribution in [0.3, 0.4) is 0 Å². The number of hydrogen-bond acceptors (Lipinski definition) is 6. The number of halogens is 4. The van der Waals surface area contributed by atoms with Gasteiger partial charge in [-0.25, -0.2) is 18.1 Å². The molecule has 5 rings (SSSR count). The Balaban J connectivity index is 1.39. The Hall–Kier alpha value is -3.29. The van der Waals surface area contributed by atoms with Gasteiger partial charge in [-0.1, -0.05) is 47.1 Å². The van der Waals surface area contributed by atoms with E-state index >= 15 is 0 Å². The second kappa shape index (κ2) is 9.54. The predicted octanol–water partition coefficient (Wildman–Crippen LogP) is 3.80. The van der Waals surface area contributed by atoms with E-state index in [1.165, 1.54) is 10.7 Å². The van der Waals surface area contributed by atoms with E-state index in [1.54, 1.807) is 12.1 Å². The van der Waals surface area contributed by atoms with E-state index in [1.807, 2.05) is 12.1 Å². The van der Waals surface area contributed by atoms with Crippen LogP contribution >= 0.6 is 11.6 Å². The van der Waals surface area contributed by atoms with Crippen LogP contribution in [0.2, 0.25) is 5.02 Å². The molecule has 37 heavy (non-hydrogen) atoms. The number of hydrogen-bond donors (Lipinski definition) is 1. The lowest BCUT2D eigenvalue weighted by Gasteiger charge is -2.31. The number of piperidine rings is 1. The number of benzene rings is 2. The fourth-order valence-corrected chi connectivity index (χ4v) is 6.28. The van der Waals surface area contributed by atoms with Gasteiger partial charge in [0, 0.05) is 24.0 Å². The molecule has 2 aromatic heterocycles. The van der Waals surface area contributed by atoms with Crippen molar-refractivity contribution in [1.82, 2.24) is 29.3 Å². The Morgan fingerprint density at radius 2 is 1.73 bits per heavy atom. The van der Waals surface area contributed by atoms with Crippen molar-refractivity contribution >= 4 is 32.8 Å². The highest BCUT2D eigenvalue weighted by atomic mass is 35.5. The largest absolute Gasteiger partial charge is 0.417 e. The molecule has 9 nitrogen and oxygen atoms in total. The molecule has 194 valence electrons. The maximum Gasteiger partial charge on any atom is 0.417 e. The Bertz CT molecular complexity index is 1630. The highest BCUT2D eigenvalue weighted by Gasteiger charge is 2.40. The van der Waals surface area contributed by atoms with Gasteiger partial charge < -0.3 is 4.98 Å².